The van der Waals surface area contributed by atoms with Crippen LogP contribution in [0.3, 0.4) is 0 Å². The number of hydrogen-bond acceptors (Lipinski definition) is 4. The molecule has 15 rings (SSSR count). The van der Waals surface area contributed by atoms with Crippen LogP contribution in [-0.4, -0.2) is 26.5 Å². The summed E-state index contributed by atoms with van der Waals surface area (Å²) < 4.78 is 2.97. The Morgan fingerprint density at radius 2 is 0.402 bits per heavy atom. The molecule has 15 aromatic carbocycles. The topological polar surface area (TPSA) is 13.0 Å². The second-order valence-corrected chi connectivity index (χ2v) is 47.5. The van der Waals surface area contributed by atoms with Crippen molar-refractivity contribution >= 4 is 147 Å². The van der Waals surface area contributed by atoms with E-state index in [1.54, 1.807) is 0 Å². The summed E-state index contributed by atoms with van der Waals surface area (Å²) in [5, 5.41) is 9.92. The van der Waals surface area contributed by atoms with Gasteiger partial charge in [0, 0.05) is 0 Å². The summed E-state index contributed by atoms with van der Waals surface area (Å²) in [4.78, 5) is 9.66. The van der Waals surface area contributed by atoms with Gasteiger partial charge in [0.05, 0.1) is 0 Å². The average molecular weight is 1310 g/mol. The third-order valence-corrected chi connectivity index (χ3v) is 27.0. The molecule has 0 fully saturated rings. The molecule has 0 saturated heterocycles. The molecule has 0 aliphatic carbocycles. The van der Waals surface area contributed by atoms with E-state index in [4.69, 9.17) is 0 Å². The molecule has 444 valence electrons. The van der Waals surface area contributed by atoms with Crippen molar-refractivity contribution in [2.75, 3.05) is 19.6 Å². The van der Waals surface area contributed by atoms with Crippen LogP contribution in [0.2, 0.25) is 34.5 Å². The molecule has 0 amide bonds. The van der Waals surface area contributed by atoms with Crippen LogP contribution in [0, 0.1) is 0 Å². The Bertz CT molecular complexity index is 4710. The van der Waals surface area contributed by atoms with E-state index in [9.17, 15) is 0 Å². The predicted molar refractivity (Wildman–Crippen MR) is 403 cm³/mol. The molecular weight excluding hydrogens is 1230 g/mol. The molecule has 0 bridgehead atoms. The van der Waals surface area contributed by atoms with E-state index in [2.05, 4.69) is 382 Å². The van der Waals surface area contributed by atoms with E-state index in [1.807, 2.05) is 0 Å². The molecule has 0 aromatic heterocycles. The summed E-state index contributed by atoms with van der Waals surface area (Å²) in [6.07, 6.45) is 0. The molecule has 0 saturated carbocycles. The number of anilines is 12. The van der Waals surface area contributed by atoms with Gasteiger partial charge in [-0.05, 0) is 22.3 Å². The molecule has 4 nitrogen and oxygen atoms in total. The quantitative estimate of drug-likeness (QED) is 0.0543. The van der Waals surface area contributed by atoms with Crippen LogP contribution in [-0.2, 0) is 0 Å². The zero-order valence-corrected chi connectivity index (χ0v) is 57.2. The summed E-state index contributed by atoms with van der Waals surface area (Å²) in [6, 6.07) is 121. The van der Waals surface area contributed by atoms with Crippen molar-refractivity contribution in [2.24, 2.45) is 0 Å². The maximum atomic E-state index is 2.48. The number of benzene rings is 15. The van der Waals surface area contributed by atoms with Gasteiger partial charge in [0.1, 0.15) is 0 Å². The first-order valence-electron chi connectivity index (χ1n) is 32.1. The zero-order valence-electron chi connectivity index (χ0n) is 53.0. The minimum atomic E-state index is -2.16. The minimum absolute atomic E-state index is 1.08. The number of rotatable bonds is 16. The molecule has 0 N–H and O–H groups in total. The van der Waals surface area contributed by atoms with E-state index in [0.29, 0.717) is 0 Å². The van der Waals surface area contributed by atoms with Gasteiger partial charge in [0.2, 0.25) is 0 Å². The first kappa shape index (κ1) is 58.3. The summed E-state index contributed by atoms with van der Waals surface area (Å²) in [5.41, 5.74) is 18.1. The van der Waals surface area contributed by atoms with Crippen LogP contribution in [0.1, 0.15) is 0 Å². The van der Waals surface area contributed by atoms with Crippen molar-refractivity contribution in [1.29, 1.82) is 0 Å². The van der Waals surface area contributed by atoms with Crippen LogP contribution < -0.4 is 28.4 Å². The van der Waals surface area contributed by atoms with Gasteiger partial charge in [0.15, 0.2) is 0 Å². The Hall–Kier alpha value is -10.1. The standard InChI is InChI=1S/C86H72Ge2N4/c1-87(2,3)65-37-45-73(46-38-65)91(75-53-49-71(50-54-75)89(67-25-15-9-16-26-67)69-41-33-63(34-42-69)61-21-11-7-12-22-61)83-59-57-79-78-30-20-32-82-84(60-58-80(86(78)82)77-29-19-31-81(83)85(77)79)92(74-47-39-66(40-48-74)88(4,5)6)76-55-51-72(52-56-76)90(68-27-17-10-18-28-68)70-43-35-64(36-44-70)62-23-13-8-14-24-62/h7-60H,1-6H3. The predicted octanol–water partition coefficient (Wildman–Crippen LogP) is 24.0. The Balaban J connectivity index is 0.849. The van der Waals surface area contributed by atoms with E-state index in [0.717, 1.165) is 68.2 Å². The van der Waals surface area contributed by atoms with Crippen molar-refractivity contribution in [3.8, 4) is 22.3 Å². The monoisotopic (exact) mass is 1310 g/mol. The van der Waals surface area contributed by atoms with Gasteiger partial charge >= 0.3 is 407 Å². The summed E-state index contributed by atoms with van der Waals surface area (Å²) in [7, 11) is 0. The molecule has 6 heteroatoms. The van der Waals surface area contributed by atoms with Crippen molar-refractivity contribution in [1.82, 2.24) is 0 Å². The second kappa shape index (κ2) is 24.3. The Labute approximate surface area is 546 Å². The summed E-state index contributed by atoms with van der Waals surface area (Å²) >= 11 is -4.31. The molecule has 0 heterocycles. The normalized spacial score (nSPS) is 11.8. The van der Waals surface area contributed by atoms with Crippen LogP contribution in [0.5, 0.6) is 0 Å². The SMILES string of the molecule is [CH3][Ge]([CH3])([CH3])[c]1ccc(N(c2ccc(N(c3ccccc3)c3ccc(-c4ccccc4)cc3)cc2)c2ccc3c4cccc5c(N(c6ccc(N(c7ccccc7)c7ccc(-c8ccccc8)cc7)cc6)c6cc[c]([Ge]([CH3])([CH3])[CH3])cc6)ccc(c6cccc2c63)c54)cc1. The van der Waals surface area contributed by atoms with Gasteiger partial charge in [-0.3, -0.25) is 0 Å². The second-order valence-electron chi connectivity index (χ2n) is 26.2. The number of fused-ring (bicyclic) bond motifs is 2. The van der Waals surface area contributed by atoms with E-state index in [-0.39, 0.29) is 0 Å². The van der Waals surface area contributed by atoms with Crippen LogP contribution in [0.4, 0.5) is 68.2 Å². The van der Waals surface area contributed by atoms with Crippen molar-refractivity contribution < 1.29 is 0 Å². The molecule has 0 aliphatic heterocycles. The van der Waals surface area contributed by atoms with Crippen molar-refractivity contribution in [3.05, 3.63) is 328 Å². The molecule has 0 unspecified atom stereocenters. The fourth-order valence-corrected chi connectivity index (χ4v) is 18.5. The maximum absolute atomic E-state index is 2.48. The van der Waals surface area contributed by atoms with Crippen molar-refractivity contribution in [3.63, 3.8) is 0 Å². The first-order valence-corrected chi connectivity index (χ1v) is 46.8. The molecule has 0 radical (unpaired) electrons. The molecule has 15 aromatic rings. The number of hydrogen-bond donors (Lipinski definition) is 0. The van der Waals surface area contributed by atoms with Crippen LogP contribution in [0.15, 0.2) is 328 Å². The molecule has 0 atom stereocenters. The van der Waals surface area contributed by atoms with Gasteiger partial charge in [-0.1, -0.05) is 121 Å². The van der Waals surface area contributed by atoms with Gasteiger partial charge in [-0.2, -0.15) is 0 Å². The third kappa shape index (κ3) is 11.1. The van der Waals surface area contributed by atoms with Crippen LogP contribution >= 0.6 is 0 Å². The van der Waals surface area contributed by atoms with E-state index < -0.39 is 26.5 Å². The Kier molecular flexibility index (Phi) is 15.4. The molecule has 0 aliphatic rings. The first-order chi connectivity index (χ1) is 44.9. The number of nitrogens with zero attached hydrogens (tertiary/aromatic N) is 4. The van der Waals surface area contributed by atoms with Crippen molar-refractivity contribution in [2.45, 2.75) is 34.5 Å². The molecular formula is C86H72Ge2N4. The fraction of sp³-hybridized carbons (Fsp3) is 0.0698. The van der Waals surface area contributed by atoms with Gasteiger partial charge in [0.25, 0.3) is 0 Å². The van der Waals surface area contributed by atoms with Gasteiger partial charge < -0.3 is 0 Å². The summed E-state index contributed by atoms with van der Waals surface area (Å²) in [5.74, 6) is 14.8. The zero-order chi connectivity index (χ0) is 62.5. The fourth-order valence-electron chi connectivity index (χ4n) is 13.6. The average Bonchev–Trinajstić information content (AvgIpc) is 0.711. The molecule has 0 spiro atoms. The Morgan fingerprint density at radius 3 is 0.707 bits per heavy atom. The van der Waals surface area contributed by atoms with Gasteiger partial charge in [-0.25, -0.2) is 0 Å². The number of para-hydroxylation sites is 2. The Morgan fingerprint density at radius 1 is 0.174 bits per heavy atom. The third-order valence-electron chi connectivity index (χ3n) is 18.3. The van der Waals surface area contributed by atoms with Crippen LogP contribution in [0.25, 0.3) is 65.3 Å². The molecule has 92 heavy (non-hydrogen) atoms. The summed E-state index contributed by atoms with van der Waals surface area (Å²) in [6.45, 7) is 0. The van der Waals surface area contributed by atoms with E-state index >= 15 is 0 Å². The van der Waals surface area contributed by atoms with E-state index in [1.165, 1.54) is 74.1 Å². The van der Waals surface area contributed by atoms with Gasteiger partial charge in [-0.15, -0.1) is 0 Å².